The number of nitrogens with zero attached hydrogens (tertiary/aromatic N) is 1. The smallest absolute Gasteiger partial charge is 0.252 e. The van der Waals surface area contributed by atoms with E-state index in [1.807, 2.05) is 49.4 Å². The first-order chi connectivity index (χ1) is 12.2. The molecule has 0 aromatic heterocycles. The molecule has 0 aliphatic rings. The number of ether oxygens (including phenoxy) is 1. The summed E-state index contributed by atoms with van der Waals surface area (Å²) in [5, 5.41) is 3.87. The van der Waals surface area contributed by atoms with E-state index in [9.17, 15) is 4.79 Å². The van der Waals surface area contributed by atoms with Gasteiger partial charge in [0.1, 0.15) is 5.75 Å². The number of benzene rings is 2. The number of hydrazone groups is 1. The molecule has 0 saturated carbocycles. The summed E-state index contributed by atoms with van der Waals surface area (Å²) in [5.74, 6) is 1.55. The first kappa shape index (κ1) is 19.1. The molecule has 0 fully saturated rings. The van der Waals surface area contributed by atoms with Crippen molar-refractivity contribution in [2.24, 2.45) is 5.10 Å². The molecule has 2 aromatic rings. The topological polar surface area (TPSA) is 50.7 Å². The fourth-order valence-electron chi connectivity index (χ4n) is 2.00. The highest BCUT2D eigenvalue weighted by Crippen LogP contribution is 2.17. The summed E-state index contributed by atoms with van der Waals surface area (Å²) in [4.78, 5) is 12.1. The molecule has 132 valence electrons. The Morgan fingerprint density at radius 1 is 1.20 bits per heavy atom. The molecule has 0 saturated heterocycles. The van der Waals surface area contributed by atoms with Gasteiger partial charge in [-0.1, -0.05) is 37.3 Å². The normalized spacial score (nSPS) is 12.1. The van der Waals surface area contributed by atoms with Crippen LogP contribution < -0.4 is 10.2 Å². The maximum atomic E-state index is 12.1. The van der Waals surface area contributed by atoms with Crippen molar-refractivity contribution in [3.05, 3.63) is 65.7 Å². The van der Waals surface area contributed by atoms with Crippen LogP contribution in [0.3, 0.4) is 0 Å². The van der Waals surface area contributed by atoms with E-state index in [2.05, 4.69) is 29.6 Å². The zero-order valence-electron chi connectivity index (χ0n) is 14.6. The van der Waals surface area contributed by atoms with Gasteiger partial charge in [0, 0.05) is 5.75 Å². The molecular formula is C20H24N2O2S. The van der Waals surface area contributed by atoms with Crippen molar-refractivity contribution in [2.75, 3.05) is 6.61 Å². The van der Waals surface area contributed by atoms with Gasteiger partial charge in [0.15, 0.2) is 0 Å². The van der Waals surface area contributed by atoms with Crippen LogP contribution in [0.2, 0.25) is 0 Å². The van der Waals surface area contributed by atoms with Crippen molar-refractivity contribution >= 4 is 23.9 Å². The third-order valence-corrected chi connectivity index (χ3v) is 4.67. The quantitative estimate of drug-likeness (QED) is 0.540. The molecular weight excluding hydrogens is 332 g/mol. The van der Waals surface area contributed by atoms with Gasteiger partial charge >= 0.3 is 0 Å². The molecule has 4 nitrogen and oxygen atoms in total. The predicted octanol–water partition coefficient (Wildman–Crippen LogP) is 4.25. The molecule has 0 unspecified atom stereocenters. The van der Waals surface area contributed by atoms with Crippen LogP contribution >= 0.6 is 11.8 Å². The standard InChI is InChI=1S/C20H24N2O2S/c1-3-13-24-19-11-9-17(10-12-19)14-21-22-20(23)16(2)25-15-18-7-5-4-6-8-18/h4-12,14,16H,3,13,15H2,1-2H3,(H,22,23)/b21-14-/t16-/m1/s1. The van der Waals surface area contributed by atoms with Gasteiger partial charge in [-0.2, -0.15) is 5.10 Å². The van der Waals surface area contributed by atoms with Gasteiger partial charge in [0.25, 0.3) is 5.91 Å². The fraction of sp³-hybridized carbons (Fsp3) is 0.300. The lowest BCUT2D eigenvalue weighted by atomic mass is 10.2. The highest BCUT2D eigenvalue weighted by atomic mass is 32.2. The Bertz CT molecular complexity index is 672. The zero-order valence-corrected chi connectivity index (χ0v) is 15.5. The van der Waals surface area contributed by atoms with E-state index >= 15 is 0 Å². The minimum atomic E-state index is -0.165. The number of thioether (sulfide) groups is 1. The monoisotopic (exact) mass is 356 g/mol. The number of rotatable bonds is 9. The van der Waals surface area contributed by atoms with Crippen LogP contribution in [0.1, 0.15) is 31.4 Å². The predicted molar refractivity (Wildman–Crippen MR) is 105 cm³/mol. The van der Waals surface area contributed by atoms with E-state index < -0.39 is 0 Å². The molecule has 0 spiro atoms. The largest absolute Gasteiger partial charge is 0.494 e. The molecule has 0 aliphatic heterocycles. The number of nitrogens with one attached hydrogen (secondary N) is 1. The summed E-state index contributed by atoms with van der Waals surface area (Å²) in [6.45, 7) is 4.67. The Morgan fingerprint density at radius 2 is 1.92 bits per heavy atom. The number of hydrogen-bond acceptors (Lipinski definition) is 4. The van der Waals surface area contributed by atoms with E-state index in [1.54, 1.807) is 18.0 Å². The summed E-state index contributed by atoms with van der Waals surface area (Å²) < 4.78 is 5.53. The summed E-state index contributed by atoms with van der Waals surface area (Å²) in [5.41, 5.74) is 4.71. The van der Waals surface area contributed by atoms with Gasteiger partial charge in [-0.15, -0.1) is 11.8 Å². The van der Waals surface area contributed by atoms with Crippen molar-refractivity contribution in [1.29, 1.82) is 0 Å². The van der Waals surface area contributed by atoms with Crippen molar-refractivity contribution in [3.8, 4) is 5.75 Å². The Morgan fingerprint density at radius 3 is 2.60 bits per heavy atom. The van der Waals surface area contributed by atoms with Crippen molar-refractivity contribution in [1.82, 2.24) is 5.43 Å². The van der Waals surface area contributed by atoms with E-state index in [1.165, 1.54) is 5.56 Å². The average Bonchev–Trinajstić information content (AvgIpc) is 2.66. The number of hydrogen-bond donors (Lipinski definition) is 1. The van der Waals surface area contributed by atoms with Gasteiger partial charge in [-0.3, -0.25) is 4.79 Å². The van der Waals surface area contributed by atoms with Gasteiger partial charge < -0.3 is 4.74 Å². The molecule has 1 N–H and O–H groups in total. The van der Waals surface area contributed by atoms with Crippen LogP contribution in [0.4, 0.5) is 0 Å². The second-order valence-electron chi connectivity index (χ2n) is 5.59. The van der Waals surface area contributed by atoms with Crippen LogP contribution in [0, 0.1) is 0 Å². The van der Waals surface area contributed by atoms with E-state index in [-0.39, 0.29) is 11.2 Å². The van der Waals surface area contributed by atoms with E-state index in [0.717, 1.165) is 23.5 Å². The Balaban J connectivity index is 1.75. The van der Waals surface area contributed by atoms with E-state index in [4.69, 9.17) is 4.74 Å². The highest BCUT2D eigenvalue weighted by molar-refractivity contribution is 7.99. The number of amides is 1. The highest BCUT2D eigenvalue weighted by Gasteiger charge is 2.12. The second kappa shape index (κ2) is 10.6. The van der Waals surface area contributed by atoms with Gasteiger partial charge in [0.05, 0.1) is 18.1 Å². The summed E-state index contributed by atoms with van der Waals surface area (Å²) in [6, 6.07) is 17.7. The van der Waals surface area contributed by atoms with Crippen molar-refractivity contribution < 1.29 is 9.53 Å². The maximum absolute atomic E-state index is 12.1. The van der Waals surface area contributed by atoms with Crippen LogP contribution in [0.15, 0.2) is 59.7 Å². The Hall–Kier alpha value is -2.27. The van der Waals surface area contributed by atoms with Crippen LogP contribution in [0.25, 0.3) is 0 Å². The molecule has 5 heteroatoms. The third kappa shape index (κ3) is 7.01. The number of carbonyl (C=O) groups excluding carboxylic acids is 1. The van der Waals surface area contributed by atoms with Gasteiger partial charge in [-0.05, 0) is 48.7 Å². The van der Waals surface area contributed by atoms with Crippen LogP contribution in [-0.2, 0) is 10.5 Å². The molecule has 0 aliphatic carbocycles. The lowest BCUT2D eigenvalue weighted by Crippen LogP contribution is -2.26. The summed E-state index contributed by atoms with van der Waals surface area (Å²) >= 11 is 1.59. The van der Waals surface area contributed by atoms with Gasteiger partial charge in [-0.25, -0.2) is 5.43 Å². The zero-order chi connectivity index (χ0) is 17.9. The minimum absolute atomic E-state index is 0.0971. The van der Waals surface area contributed by atoms with Crippen molar-refractivity contribution in [2.45, 2.75) is 31.3 Å². The van der Waals surface area contributed by atoms with Crippen molar-refractivity contribution in [3.63, 3.8) is 0 Å². The molecule has 25 heavy (non-hydrogen) atoms. The fourth-order valence-corrected chi connectivity index (χ4v) is 2.84. The molecule has 0 heterocycles. The lowest BCUT2D eigenvalue weighted by molar-refractivity contribution is -0.120. The van der Waals surface area contributed by atoms with Crippen LogP contribution in [-0.4, -0.2) is 24.0 Å². The Kier molecular flexibility index (Phi) is 8.05. The molecule has 1 atom stereocenters. The second-order valence-corrected chi connectivity index (χ2v) is 6.92. The molecule has 1 amide bonds. The summed E-state index contributed by atoms with van der Waals surface area (Å²) in [7, 11) is 0. The molecule has 2 rings (SSSR count). The average molecular weight is 356 g/mol. The Labute approximate surface area is 153 Å². The van der Waals surface area contributed by atoms with Gasteiger partial charge in [0.2, 0.25) is 0 Å². The molecule has 0 radical (unpaired) electrons. The maximum Gasteiger partial charge on any atom is 0.252 e. The first-order valence-electron chi connectivity index (χ1n) is 8.40. The van der Waals surface area contributed by atoms with E-state index in [0.29, 0.717) is 6.61 Å². The molecule has 2 aromatic carbocycles. The minimum Gasteiger partial charge on any atom is -0.494 e. The lowest BCUT2D eigenvalue weighted by Gasteiger charge is -2.09. The summed E-state index contributed by atoms with van der Waals surface area (Å²) in [6.07, 6.45) is 2.62. The third-order valence-electron chi connectivity index (χ3n) is 3.45. The number of carbonyl (C=O) groups is 1. The first-order valence-corrected chi connectivity index (χ1v) is 9.45. The SMILES string of the molecule is CCCOc1ccc(/C=N\NC(=O)[C@@H](C)SCc2ccccc2)cc1. The van der Waals surface area contributed by atoms with Crippen LogP contribution in [0.5, 0.6) is 5.75 Å². The molecule has 0 bridgehead atoms.